The minimum Gasteiger partial charge on any atom is -0.353 e. The first-order valence-corrected chi connectivity index (χ1v) is 11.2. The van der Waals surface area contributed by atoms with Crippen molar-refractivity contribution < 1.29 is 4.79 Å². The van der Waals surface area contributed by atoms with Gasteiger partial charge in [0.2, 0.25) is 5.91 Å². The molecule has 1 aromatic carbocycles. The largest absolute Gasteiger partial charge is 0.353 e. The lowest BCUT2D eigenvalue weighted by Gasteiger charge is -2.36. The molecule has 158 valence electrons. The fourth-order valence-corrected chi connectivity index (χ4v) is 4.87. The maximum Gasteiger partial charge on any atom is 0.254 e. The molecule has 1 aliphatic heterocycles. The molecule has 0 N–H and O–H groups in total. The van der Waals surface area contributed by atoms with Crippen molar-refractivity contribution in [2.75, 3.05) is 31.1 Å². The van der Waals surface area contributed by atoms with Gasteiger partial charge in [0.25, 0.3) is 5.78 Å². The number of halogens is 1. The summed E-state index contributed by atoms with van der Waals surface area (Å²) < 4.78 is 1.75. The first-order chi connectivity index (χ1) is 15.1. The number of piperazine rings is 1. The lowest BCUT2D eigenvalue weighted by Crippen LogP contribution is -2.49. The number of fused-ring (bicyclic) bond motifs is 1. The van der Waals surface area contributed by atoms with E-state index in [1.165, 1.54) is 17.7 Å². The predicted molar refractivity (Wildman–Crippen MR) is 121 cm³/mol. The average molecular weight is 454 g/mol. The van der Waals surface area contributed by atoms with E-state index in [4.69, 9.17) is 11.6 Å². The third-order valence-electron chi connectivity index (χ3n) is 5.31. The van der Waals surface area contributed by atoms with Crippen molar-refractivity contribution in [2.45, 2.75) is 13.3 Å². The number of aryl methyl sites for hydroxylation is 1. The summed E-state index contributed by atoms with van der Waals surface area (Å²) in [7, 11) is 0. The lowest BCUT2D eigenvalue weighted by molar-refractivity contribution is -0.130. The first kappa shape index (κ1) is 19.9. The van der Waals surface area contributed by atoms with Crippen LogP contribution in [-0.4, -0.2) is 61.6 Å². The van der Waals surface area contributed by atoms with Gasteiger partial charge in [-0.3, -0.25) is 4.79 Å². The zero-order chi connectivity index (χ0) is 21.4. The standard InChI is InChI=1S/C21H20ClN7OS/c1-14-10-18(29-21(25-14)23-13-24-29)27-6-8-28(9-7-27)19(30)11-15-12-31-20(26-15)16-4-2-3-5-17(16)22/h2-5,10,12-13H,6-9,11H2,1H3. The van der Waals surface area contributed by atoms with Crippen LogP contribution >= 0.6 is 22.9 Å². The second kappa shape index (κ2) is 8.24. The maximum atomic E-state index is 12.9. The molecule has 1 aliphatic rings. The molecule has 1 fully saturated rings. The number of benzene rings is 1. The van der Waals surface area contributed by atoms with Gasteiger partial charge in [0.1, 0.15) is 17.2 Å². The number of anilines is 1. The van der Waals surface area contributed by atoms with Gasteiger partial charge >= 0.3 is 0 Å². The quantitative estimate of drug-likeness (QED) is 0.472. The maximum absolute atomic E-state index is 12.9. The second-order valence-corrected chi connectivity index (χ2v) is 8.66. The molecular weight excluding hydrogens is 434 g/mol. The Bertz CT molecular complexity index is 1250. The minimum atomic E-state index is 0.0903. The number of aromatic nitrogens is 5. The molecule has 1 saturated heterocycles. The molecule has 4 aromatic rings. The molecule has 0 radical (unpaired) electrons. The van der Waals surface area contributed by atoms with Crippen molar-refractivity contribution in [3.63, 3.8) is 0 Å². The number of carbonyl (C=O) groups is 1. The van der Waals surface area contributed by atoms with Gasteiger partial charge in [-0.15, -0.1) is 11.3 Å². The fourth-order valence-electron chi connectivity index (χ4n) is 3.73. The smallest absolute Gasteiger partial charge is 0.254 e. The molecule has 0 saturated carbocycles. The molecule has 3 aromatic heterocycles. The number of hydrogen-bond acceptors (Lipinski definition) is 7. The molecule has 0 aliphatic carbocycles. The highest BCUT2D eigenvalue weighted by molar-refractivity contribution is 7.13. The second-order valence-electron chi connectivity index (χ2n) is 7.40. The Morgan fingerprint density at radius 3 is 2.77 bits per heavy atom. The van der Waals surface area contributed by atoms with E-state index in [2.05, 4.69) is 25.0 Å². The first-order valence-electron chi connectivity index (χ1n) is 9.98. The Balaban J connectivity index is 1.24. The topological polar surface area (TPSA) is 79.5 Å². The highest BCUT2D eigenvalue weighted by Gasteiger charge is 2.24. The van der Waals surface area contributed by atoms with Crippen molar-refractivity contribution in [1.29, 1.82) is 0 Å². The van der Waals surface area contributed by atoms with Crippen LogP contribution in [0.2, 0.25) is 5.02 Å². The van der Waals surface area contributed by atoms with Gasteiger partial charge in [-0.2, -0.15) is 14.6 Å². The van der Waals surface area contributed by atoms with E-state index < -0.39 is 0 Å². The van der Waals surface area contributed by atoms with Crippen molar-refractivity contribution in [1.82, 2.24) is 29.5 Å². The molecule has 1 amide bonds. The molecule has 10 heteroatoms. The summed E-state index contributed by atoms with van der Waals surface area (Å²) in [5.41, 5.74) is 2.57. The summed E-state index contributed by atoms with van der Waals surface area (Å²) in [4.78, 5) is 30.2. The highest BCUT2D eigenvalue weighted by atomic mass is 35.5. The van der Waals surface area contributed by atoms with Gasteiger partial charge < -0.3 is 9.80 Å². The van der Waals surface area contributed by atoms with Gasteiger partial charge in [-0.05, 0) is 13.0 Å². The van der Waals surface area contributed by atoms with Crippen molar-refractivity contribution in [3.05, 3.63) is 58.4 Å². The number of nitrogens with zero attached hydrogens (tertiary/aromatic N) is 7. The van der Waals surface area contributed by atoms with Crippen LogP contribution in [0.1, 0.15) is 11.4 Å². The summed E-state index contributed by atoms with van der Waals surface area (Å²) in [6.45, 7) is 4.71. The number of hydrogen-bond donors (Lipinski definition) is 0. The van der Waals surface area contributed by atoms with E-state index >= 15 is 0 Å². The normalized spacial score (nSPS) is 14.4. The Morgan fingerprint density at radius 1 is 1.16 bits per heavy atom. The van der Waals surface area contributed by atoms with Crippen LogP contribution in [0.3, 0.4) is 0 Å². The molecule has 4 heterocycles. The van der Waals surface area contributed by atoms with Crippen molar-refractivity contribution >= 4 is 40.4 Å². The predicted octanol–water partition coefficient (Wildman–Crippen LogP) is 3.10. The molecule has 0 unspecified atom stereocenters. The third-order valence-corrected chi connectivity index (χ3v) is 6.56. The monoisotopic (exact) mass is 453 g/mol. The SMILES string of the molecule is Cc1cc(N2CCN(C(=O)Cc3csc(-c4ccccc4Cl)n3)CC2)n2ncnc2n1. The van der Waals surface area contributed by atoms with Crippen LogP contribution in [0.5, 0.6) is 0 Å². The van der Waals surface area contributed by atoms with Gasteiger partial charge in [0, 0.05) is 48.9 Å². The Kier molecular flexibility index (Phi) is 5.29. The Hall–Kier alpha value is -3.04. The van der Waals surface area contributed by atoms with E-state index in [0.717, 1.165) is 40.9 Å². The molecule has 0 atom stereocenters. The average Bonchev–Trinajstić information content (AvgIpc) is 3.43. The van der Waals surface area contributed by atoms with Crippen LogP contribution < -0.4 is 4.90 Å². The summed E-state index contributed by atoms with van der Waals surface area (Å²) in [5.74, 6) is 1.63. The number of carbonyl (C=O) groups excluding carboxylic acids is 1. The lowest BCUT2D eigenvalue weighted by atomic mass is 10.2. The molecule has 0 bridgehead atoms. The van der Waals surface area contributed by atoms with Crippen molar-refractivity contribution in [2.24, 2.45) is 0 Å². The molecule has 8 nitrogen and oxygen atoms in total. The van der Waals surface area contributed by atoms with E-state index in [1.807, 2.05) is 47.5 Å². The van der Waals surface area contributed by atoms with Crippen LogP contribution in [0.25, 0.3) is 16.3 Å². The van der Waals surface area contributed by atoms with Crippen LogP contribution in [0.4, 0.5) is 5.82 Å². The zero-order valence-electron chi connectivity index (χ0n) is 16.9. The minimum absolute atomic E-state index is 0.0903. The number of amides is 1. The van der Waals surface area contributed by atoms with Gasteiger partial charge in [-0.25, -0.2) is 9.97 Å². The molecule has 0 spiro atoms. The van der Waals surface area contributed by atoms with Gasteiger partial charge in [0.15, 0.2) is 0 Å². The van der Waals surface area contributed by atoms with Crippen molar-refractivity contribution in [3.8, 4) is 10.6 Å². The summed E-state index contributed by atoms with van der Waals surface area (Å²) in [6.07, 6.45) is 1.80. The number of rotatable bonds is 4. The van der Waals surface area contributed by atoms with Gasteiger partial charge in [0.05, 0.1) is 17.1 Å². The van der Waals surface area contributed by atoms with Crippen LogP contribution in [-0.2, 0) is 11.2 Å². The zero-order valence-corrected chi connectivity index (χ0v) is 18.5. The summed E-state index contributed by atoms with van der Waals surface area (Å²) in [6, 6.07) is 9.62. The van der Waals surface area contributed by atoms with E-state index in [1.54, 1.807) is 4.52 Å². The molecular formula is C21H20ClN7OS. The van der Waals surface area contributed by atoms with Crippen LogP contribution in [0.15, 0.2) is 42.0 Å². The number of thiazole rings is 1. The highest BCUT2D eigenvalue weighted by Crippen LogP contribution is 2.30. The van der Waals surface area contributed by atoms with E-state index in [9.17, 15) is 4.79 Å². The molecule has 5 rings (SSSR count). The van der Waals surface area contributed by atoms with E-state index in [-0.39, 0.29) is 5.91 Å². The molecule has 31 heavy (non-hydrogen) atoms. The van der Waals surface area contributed by atoms with E-state index in [0.29, 0.717) is 30.3 Å². The summed E-state index contributed by atoms with van der Waals surface area (Å²) >= 11 is 7.78. The van der Waals surface area contributed by atoms with Crippen LogP contribution in [0, 0.1) is 6.92 Å². The third kappa shape index (κ3) is 3.98. The Labute approximate surface area is 188 Å². The summed E-state index contributed by atoms with van der Waals surface area (Å²) in [5, 5.41) is 7.72. The fraction of sp³-hybridized carbons (Fsp3) is 0.286. The Morgan fingerprint density at radius 2 is 1.97 bits per heavy atom. The van der Waals surface area contributed by atoms with Gasteiger partial charge in [-0.1, -0.05) is 29.8 Å².